The maximum absolute atomic E-state index is 11.5. The molecule has 0 atom stereocenters. The first-order valence-corrected chi connectivity index (χ1v) is 26.3. The molecular formula is C62H87Br3IMg3NaO7. The maximum atomic E-state index is 11.5. The third kappa shape index (κ3) is 52.3. The number of benzene rings is 5. The average Bonchev–Trinajstić information content (AvgIpc) is 4.17. The summed E-state index contributed by atoms with van der Waals surface area (Å²) in [6.45, 7) is 36.4. The summed E-state index contributed by atoms with van der Waals surface area (Å²) in [5.41, 5.74) is 6.31. The number of rotatable bonds is 9. The summed E-state index contributed by atoms with van der Waals surface area (Å²) < 4.78 is 16.4. The van der Waals surface area contributed by atoms with Crippen molar-refractivity contribution in [1.82, 2.24) is 0 Å². The van der Waals surface area contributed by atoms with Crippen LogP contribution in [-0.4, -0.2) is 124 Å². The van der Waals surface area contributed by atoms with Crippen molar-refractivity contribution in [3.05, 3.63) is 209 Å². The van der Waals surface area contributed by atoms with Crippen molar-refractivity contribution in [3.8, 4) is 0 Å². The van der Waals surface area contributed by atoms with Crippen molar-refractivity contribution < 1.29 is 102 Å². The summed E-state index contributed by atoms with van der Waals surface area (Å²) in [5.74, 6) is 0.167. The smallest absolute Gasteiger partial charge is 1.00 e. The zero-order chi connectivity index (χ0) is 53.4. The number of ketones is 1. The second kappa shape index (κ2) is 58.9. The van der Waals surface area contributed by atoms with E-state index in [2.05, 4.69) is 103 Å². The Hall–Kier alpha value is -0.301. The molecule has 7 rings (SSSR count). The molecule has 0 aliphatic carbocycles. The second-order valence-electron chi connectivity index (χ2n) is 17.1. The Morgan fingerprint density at radius 2 is 0.935 bits per heavy atom. The molecule has 0 saturated carbocycles. The van der Waals surface area contributed by atoms with Gasteiger partial charge in [0, 0.05) is 38.0 Å². The number of carbonyl (C=O) groups excluding carboxylic acids is 1. The van der Waals surface area contributed by atoms with Crippen LogP contribution in [0.1, 0.15) is 130 Å². The van der Waals surface area contributed by atoms with Crippen LogP contribution >= 0.6 is 38.5 Å². The second-order valence-corrected chi connectivity index (χ2v) is 18.0. The van der Waals surface area contributed by atoms with Crippen LogP contribution in [0.25, 0.3) is 30.4 Å². The van der Waals surface area contributed by atoms with Gasteiger partial charge >= 0.3 is 98.7 Å². The monoisotopic (exact) mass is 1400 g/mol. The maximum Gasteiger partial charge on any atom is 2.00 e. The van der Waals surface area contributed by atoms with Gasteiger partial charge in [-0.3, -0.25) is 0 Å². The molecule has 15 heteroatoms. The first-order chi connectivity index (χ1) is 33.2. The molecule has 2 heterocycles. The number of methoxy groups -OCH3 is 1. The van der Waals surface area contributed by atoms with Gasteiger partial charge in [-0.15, -0.1) is 18.2 Å². The summed E-state index contributed by atoms with van der Waals surface area (Å²) in [4.78, 5) is 11.4. The van der Waals surface area contributed by atoms with E-state index in [4.69, 9.17) is 14.2 Å². The Bertz CT molecular complexity index is 2140. The van der Waals surface area contributed by atoms with Gasteiger partial charge in [0.05, 0.1) is 11.2 Å². The van der Waals surface area contributed by atoms with E-state index in [1.807, 2.05) is 126 Å². The molecule has 7 nitrogen and oxygen atoms in total. The van der Waals surface area contributed by atoms with Crippen LogP contribution in [0.2, 0.25) is 0 Å². The Balaban J connectivity index is -0.0000000660. The number of carbonyl (C=O) groups is 1. The van der Waals surface area contributed by atoms with Gasteiger partial charge in [0.15, 0.2) is 0 Å². The zero-order valence-electron chi connectivity index (χ0n) is 51.2. The van der Waals surface area contributed by atoms with Gasteiger partial charge in [0.2, 0.25) is 0 Å². The van der Waals surface area contributed by atoms with Gasteiger partial charge in [0.25, 0.3) is 0 Å². The van der Waals surface area contributed by atoms with Crippen LogP contribution in [0.3, 0.4) is 0 Å². The molecule has 2 fully saturated rings. The SMILES string of the molecule is C1CCOC1.C1CCOC1.C=Cc1c[c-]ccc1.C=Cc1cccc(Br)c1.C=Cc1cccc(C(C)(C)O)c1.C=Cc1cccc(C(C)(C)OC)c1.C=Cc1cccc(C(C)(C)[O-])c1.CC(C)=O.CI.O.[Br-].[Br-].[H-].[H-].[H-].[Mg+2].[Mg+2].[Mg+2].[Na+]. The van der Waals surface area contributed by atoms with E-state index >= 15 is 0 Å². The molecule has 77 heavy (non-hydrogen) atoms. The van der Waals surface area contributed by atoms with E-state index in [0.717, 1.165) is 69.8 Å². The Labute approximate surface area is 584 Å². The fourth-order valence-corrected chi connectivity index (χ4v) is 5.85. The normalized spacial score (nSPS) is 10.9. The fraction of sp³-hybridized carbons (Fsp3) is 0.339. The molecule has 5 aromatic carbocycles. The molecule has 3 N–H and O–H groups in total. The first-order valence-electron chi connectivity index (χ1n) is 23.3. The van der Waals surface area contributed by atoms with E-state index in [1.54, 1.807) is 53.0 Å². The van der Waals surface area contributed by atoms with E-state index in [1.165, 1.54) is 45.1 Å². The Morgan fingerprint density at radius 3 is 1.19 bits per heavy atom. The van der Waals surface area contributed by atoms with Gasteiger partial charge in [0.1, 0.15) is 5.78 Å². The summed E-state index contributed by atoms with van der Waals surface area (Å²) >= 11 is 5.51. The summed E-state index contributed by atoms with van der Waals surface area (Å²) in [7, 11) is 1.72. The number of alkyl halides is 1. The largest absolute Gasteiger partial charge is 2.00 e. The van der Waals surface area contributed by atoms with Crippen molar-refractivity contribution >= 4 is 144 Å². The van der Waals surface area contributed by atoms with Gasteiger partial charge in [-0.2, -0.15) is 30.3 Å². The predicted molar refractivity (Wildman–Crippen MR) is 338 cm³/mol. The van der Waals surface area contributed by atoms with Gasteiger partial charge in [-0.25, -0.2) is 0 Å². The molecule has 5 aromatic rings. The summed E-state index contributed by atoms with van der Waals surface area (Å²) in [6, 6.07) is 42.1. The minimum Gasteiger partial charge on any atom is -1.00 e. The van der Waals surface area contributed by atoms with Crippen LogP contribution in [0, 0.1) is 6.07 Å². The topological polar surface area (TPSA) is 120 Å². The molecule has 2 aliphatic heterocycles. The van der Waals surface area contributed by atoms with E-state index in [-0.39, 0.29) is 154 Å². The van der Waals surface area contributed by atoms with Gasteiger partial charge < -0.3 is 72.9 Å². The number of ether oxygens (including phenoxy) is 3. The van der Waals surface area contributed by atoms with Crippen LogP contribution in [0.15, 0.2) is 159 Å². The first kappa shape index (κ1) is 95.9. The average molecular weight is 1410 g/mol. The van der Waals surface area contributed by atoms with E-state index in [9.17, 15) is 15.0 Å². The molecule has 412 valence electrons. The van der Waals surface area contributed by atoms with E-state index in [0.29, 0.717) is 0 Å². The number of hydrogen-bond donors (Lipinski definition) is 1. The number of Topliss-reactive ketones (excluding diaryl/α,β-unsaturated/α-hetero) is 1. The zero-order valence-corrected chi connectivity index (χ0v) is 61.4. The fourth-order valence-electron chi connectivity index (χ4n) is 5.43. The van der Waals surface area contributed by atoms with Gasteiger partial charge in [-0.05, 0) is 130 Å². The third-order valence-electron chi connectivity index (χ3n) is 9.68. The predicted octanol–water partition coefficient (Wildman–Crippen LogP) is 5.54. The molecule has 0 bridgehead atoms. The van der Waals surface area contributed by atoms with Crippen molar-refractivity contribution in [2.24, 2.45) is 0 Å². The third-order valence-corrected chi connectivity index (χ3v) is 10.2. The number of halogens is 4. The minimum absolute atomic E-state index is 0. The quantitative estimate of drug-likeness (QED) is 0.0898. The van der Waals surface area contributed by atoms with Crippen LogP contribution in [0.4, 0.5) is 0 Å². The molecule has 2 aliphatic rings. The summed E-state index contributed by atoms with van der Waals surface area (Å²) in [6.07, 6.45) is 14.1. The minimum atomic E-state index is -1.01. The summed E-state index contributed by atoms with van der Waals surface area (Å²) in [5, 5.41) is 21.2. The number of hydrogen-bond acceptors (Lipinski definition) is 6. The molecule has 0 aromatic heterocycles. The molecular weight excluding hydrogens is 1320 g/mol. The molecule has 0 amide bonds. The van der Waals surface area contributed by atoms with Crippen LogP contribution in [0.5, 0.6) is 0 Å². The van der Waals surface area contributed by atoms with Gasteiger partial charge in [-0.1, -0.05) is 187 Å². The van der Waals surface area contributed by atoms with Crippen molar-refractivity contribution in [3.63, 3.8) is 0 Å². The molecule has 0 unspecified atom stereocenters. The van der Waals surface area contributed by atoms with Crippen LogP contribution < -0.4 is 68.6 Å². The molecule has 2 saturated heterocycles. The number of aliphatic hydroxyl groups is 1. The van der Waals surface area contributed by atoms with Crippen LogP contribution in [-0.2, 0) is 35.8 Å². The van der Waals surface area contributed by atoms with Crippen molar-refractivity contribution in [2.75, 3.05) is 38.5 Å². The Kier molecular flexibility index (Phi) is 73.3. The van der Waals surface area contributed by atoms with Crippen molar-refractivity contribution in [1.29, 1.82) is 0 Å². The molecule has 0 radical (unpaired) electrons. The standard InChI is InChI=1S/C12H16O.C11H14O.C11H13O.C8H7Br.C8H7.2C4H8O.C3H6O.CH3I.2BrH.3Mg.Na.H2O.3H/c1-5-10-7-6-8-11(9-10)12(2,3)13-4;2*1-4-9-6-5-7-10(8-9)11(2,3)12;1-2-7-4-3-5-8(9)6-7;1-2-8-6-4-3-5-7-8;2*1-2-4-5-3-1;1-3(2)4;1-2;;;;;;;;;;/h5-9H,1H2,2-4H3;4-8,12H,1H2,2-3H3;4-8H,1H2,2-3H3;2-6H,1H2;2-4,6-7H,1H2;2*1-4H2;1-2H3;1H3;2*1H;;;;;1H2;;;/q;;-1;;-1;;;;;;;3*+2;+1;;3*-1/p-2. The molecule has 0 spiro atoms. The van der Waals surface area contributed by atoms with Crippen molar-refractivity contribution in [2.45, 2.75) is 97.9 Å². The Morgan fingerprint density at radius 1 is 0.623 bits per heavy atom. The van der Waals surface area contributed by atoms with E-state index < -0.39 is 11.2 Å².